The van der Waals surface area contributed by atoms with Crippen molar-refractivity contribution in [1.29, 1.82) is 0 Å². The molecule has 2 atom stereocenters. The molecule has 21 heavy (non-hydrogen) atoms. The Bertz CT molecular complexity index is 638. The van der Waals surface area contributed by atoms with Crippen LogP contribution in [-0.2, 0) is 10.0 Å². The van der Waals surface area contributed by atoms with Crippen LogP contribution in [0.15, 0.2) is 16.3 Å². The fraction of sp³-hybridized carbons (Fsp3) is 0.643. The standard InChI is InChI=1S/C14H20N2O2S3/c15-14(19)12-5-6-13(20-12)21(17,18)16-8-7-10-3-1-2-4-11(10)9-16/h5-6,10-11H,1-4,7-9H2,(H2,15,19). The van der Waals surface area contributed by atoms with Gasteiger partial charge < -0.3 is 5.73 Å². The van der Waals surface area contributed by atoms with Crippen molar-refractivity contribution >= 4 is 38.6 Å². The lowest BCUT2D eigenvalue weighted by Crippen LogP contribution is -2.44. The third kappa shape index (κ3) is 3.02. The Labute approximate surface area is 135 Å². The van der Waals surface area contributed by atoms with Crippen LogP contribution in [0.3, 0.4) is 0 Å². The highest BCUT2D eigenvalue weighted by molar-refractivity contribution is 7.91. The first-order chi connectivity index (χ1) is 9.98. The number of sulfonamides is 1. The molecular formula is C14H20N2O2S3. The summed E-state index contributed by atoms with van der Waals surface area (Å²) >= 11 is 6.09. The maximum absolute atomic E-state index is 12.7. The van der Waals surface area contributed by atoms with Crippen LogP contribution in [0.25, 0.3) is 0 Å². The average Bonchev–Trinajstić information content (AvgIpc) is 2.97. The molecule has 0 amide bonds. The van der Waals surface area contributed by atoms with Gasteiger partial charge >= 0.3 is 0 Å². The molecule has 0 radical (unpaired) electrons. The Balaban J connectivity index is 1.79. The van der Waals surface area contributed by atoms with Crippen LogP contribution in [0.1, 0.15) is 37.0 Å². The van der Waals surface area contributed by atoms with Crippen LogP contribution in [0.4, 0.5) is 0 Å². The van der Waals surface area contributed by atoms with E-state index in [-0.39, 0.29) is 4.99 Å². The van der Waals surface area contributed by atoms with Crippen molar-refractivity contribution in [2.45, 2.75) is 36.3 Å². The minimum Gasteiger partial charge on any atom is -0.389 e. The van der Waals surface area contributed by atoms with Gasteiger partial charge in [-0.3, -0.25) is 0 Å². The predicted molar refractivity (Wildman–Crippen MR) is 89.0 cm³/mol. The smallest absolute Gasteiger partial charge is 0.252 e. The number of hydrogen-bond acceptors (Lipinski definition) is 4. The Morgan fingerprint density at radius 3 is 2.62 bits per heavy atom. The highest BCUT2D eigenvalue weighted by Crippen LogP contribution is 2.38. The van der Waals surface area contributed by atoms with E-state index in [4.69, 9.17) is 18.0 Å². The first-order valence-electron chi connectivity index (χ1n) is 7.38. The van der Waals surface area contributed by atoms with E-state index in [2.05, 4.69) is 0 Å². The second-order valence-corrected chi connectivity index (χ2v) is 9.63. The van der Waals surface area contributed by atoms with Gasteiger partial charge in [-0.25, -0.2) is 8.42 Å². The summed E-state index contributed by atoms with van der Waals surface area (Å²) in [5.41, 5.74) is 5.57. The number of thiocarbonyl (C=S) groups is 1. The molecule has 2 N–H and O–H groups in total. The van der Waals surface area contributed by atoms with E-state index < -0.39 is 10.0 Å². The monoisotopic (exact) mass is 344 g/mol. The van der Waals surface area contributed by atoms with Gasteiger partial charge in [-0.15, -0.1) is 11.3 Å². The van der Waals surface area contributed by atoms with Crippen LogP contribution in [0.5, 0.6) is 0 Å². The fourth-order valence-corrected chi connectivity index (χ4v) is 6.52. The van der Waals surface area contributed by atoms with Crippen molar-refractivity contribution in [2.24, 2.45) is 17.6 Å². The predicted octanol–water partition coefficient (Wildman–Crippen LogP) is 2.58. The van der Waals surface area contributed by atoms with Crippen molar-refractivity contribution in [3.05, 3.63) is 17.0 Å². The third-order valence-corrected chi connectivity index (χ3v) is 8.47. The van der Waals surface area contributed by atoms with Crippen LogP contribution in [0.2, 0.25) is 0 Å². The quantitative estimate of drug-likeness (QED) is 0.856. The number of nitrogens with two attached hydrogens (primary N) is 1. The molecule has 0 spiro atoms. The molecule has 0 aromatic carbocycles. The summed E-state index contributed by atoms with van der Waals surface area (Å²) in [6, 6.07) is 3.33. The highest BCUT2D eigenvalue weighted by Gasteiger charge is 2.37. The van der Waals surface area contributed by atoms with E-state index in [0.717, 1.165) is 12.3 Å². The van der Waals surface area contributed by atoms with Crippen molar-refractivity contribution in [1.82, 2.24) is 4.31 Å². The summed E-state index contributed by atoms with van der Waals surface area (Å²) in [4.78, 5) is 0.920. The lowest BCUT2D eigenvalue weighted by Gasteiger charge is -2.40. The first-order valence-corrected chi connectivity index (χ1v) is 10.0. The summed E-state index contributed by atoms with van der Waals surface area (Å²) in [5, 5.41) is 0. The molecule has 1 saturated heterocycles. The van der Waals surface area contributed by atoms with Crippen LogP contribution >= 0.6 is 23.6 Å². The van der Waals surface area contributed by atoms with Crippen LogP contribution in [0, 0.1) is 11.8 Å². The molecule has 1 aromatic heterocycles. The summed E-state index contributed by atoms with van der Waals surface area (Å²) in [5.74, 6) is 1.26. The maximum Gasteiger partial charge on any atom is 0.252 e. The molecule has 2 aliphatic rings. The van der Waals surface area contributed by atoms with E-state index in [1.807, 2.05) is 0 Å². The van der Waals surface area contributed by atoms with Gasteiger partial charge in [0.1, 0.15) is 9.20 Å². The lowest BCUT2D eigenvalue weighted by molar-refractivity contribution is 0.136. The van der Waals surface area contributed by atoms with Crippen molar-refractivity contribution in [3.63, 3.8) is 0 Å². The van der Waals surface area contributed by atoms with Gasteiger partial charge in [0.25, 0.3) is 10.0 Å². The molecule has 116 valence electrons. The Hall–Kier alpha value is -0.500. The minimum atomic E-state index is -3.39. The molecule has 1 aliphatic heterocycles. The molecule has 1 saturated carbocycles. The summed E-state index contributed by atoms with van der Waals surface area (Å²) in [6.07, 6.45) is 5.97. The second-order valence-electron chi connectivity index (χ2n) is 5.94. The van der Waals surface area contributed by atoms with Crippen molar-refractivity contribution in [3.8, 4) is 0 Å². The molecular weight excluding hydrogens is 324 g/mol. The van der Waals surface area contributed by atoms with Gasteiger partial charge in [-0.1, -0.05) is 31.5 Å². The van der Waals surface area contributed by atoms with Gasteiger partial charge in [0.05, 0.1) is 4.88 Å². The summed E-state index contributed by atoms with van der Waals surface area (Å²) < 4.78 is 27.5. The minimum absolute atomic E-state index is 0.257. The SMILES string of the molecule is NC(=S)c1ccc(S(=O)(=O)N2CCC3CCCCC3C2)s1. The molecule has 1 aliphatic carbocycles. The van der Waals surface area contributed by atoms with Gasteiger partial charge in [0.15, 0.2) is 0 Å². The number of hydrogen-bond donors (Lipinski definition) is 1. The second kappa shape index (κ2) is 5.95. The van der Waals surface area contributed by atoms with Gasteiger partial charge in [-0.05, 0) is 36.8 Å². The molecule has 0 bridgehead atoms. The van der Waals surface area contributed by atoms with Crippen molar-refractivity contribution in [2.75, 3.05) is 13.1 Å². The number of rotatable bonds is 3. The van der Waals surface area contributed by atoms with Gasteiger partial charge in [0.2, 0.25) is 0 Å². The average molecular weight is 345 g/mol. The van der Waals surface area contributed by atoms with E-state index in [9.17, 15) is 8.42 Å². The molecule has 3 rings (SSSR count). The zero-order valence-electron chi connectivity index (χ0n) is 11.8. The van der Waals surface area contributed by atoms with E-state index in [0.29, 0.717) is 28.1 Å². The van der Waals surface area contributed by atoms with Gasteiger partial charge in [-0.2, -0.15) is 4.31 Å². The Kier molecular flexibility index (Phi) is 4.36. The molecule has 2 fully saturated rings. The first kappa shape index (κ1) is 15.4. The molecule has 2 unspecified atom stereocenters. The lowest BCUT2D eigenvalue weighted by atomic mass is 9.76. The largest absolute Gasteiger partial charge is 0.389 e. The zero-order chi connectivity index (χ0) is 15.0. The fourth-order valence-electron chi connectivity index (χ4n) is 3.50. The summed E-state index contributed by atoms with van der Waals surface area (Å²) in [6.45, 7) is 1.32. The molecule has 2 heterocycles. The number of nitrogens with zero attached hydrogens (tertiary/aromatic N) is 1. The highest BCUT2D eigenvalue weighted by atomic mass is 32.2. The summed E-state index contributed by atoms with van der Waals surface area (Å²) in [7, 11) is -3.39. The third-order valence-electron chi connectivity index (χ3n) is 4.67. The van der Waals surface area contributed by atoms with E-state index >= 15 is 0 Å². The zero-order valence-corrected chi connectivity index (χ0v) is 14.3. The van der Waals surface area contributed by atoms with Crippen LogP contribution < -0.4 is 5.73 Å². The van der Waals surface area contributed by atoms with Crippen molar-refractivity contribution < 1.29 is 8.42 Å². The van der Waals surface area contributed by atoms with Crippen LogP contribution in [-0.4, -0.2) is 30.8 Å². The molecule has 1 aromatic rings. The Morgan fingerprint density at radius 2 is 1.95 bits per heavy atom. The molecule has 7 heteroatoms. The number of piperidine rings is 1. The topological polar surface area (TPSA) is 63.4 Å². The number of fused-ring (bicyclic) bond motifs is 1. The number of thiophene rings is 1. The van der Waals surface area contributed by atoms with Gasteiger partial charge in [0, 0.05) is 13.1 Å². The van der Waals surface area contributed by atoms with E-state index in [1.165, 1.54) is 37.0 Å². The maximum atomic E-state index is 12.7. The molecule has 4 nitrogen and oxygen atoms in total. The normalized spacial score (nSPS) is 27.2. The van der Waals surface area contributed by atoms with E-state index in [1.54, 1.807) is 16.4 Å². The Morgan fingerprint density at radius 1 is 1.24 bits per heavy atom.